The van der Waals surface area contributed by atoms with E-state index in [0.29, 0.717) is 35.2 Å². The molecule has 1 amide bonds. The molecule has 8 bridgehead atoms. The maximum Gasteiger partial charge on any atom is 0.421 e. The van der Waals surface area contributed by atoms with Gasteiger partial charge in [-0.3, -0.25) is 14.0 Å². The molecule has 0 radical (unpaired) electrons. The molecular formula is C28H30F3N8O4P. The van der Waals surface area contributed by atoms with Crippen molar-refractivity contribution in [3.05, 3.63) is 71.8 Å². The summed E-state index contributed by atoms with van der Waals surface area (Å²) in [6.45, 7) is 4.42. The molecule has 4 aromatic rings. The zero-order chi connectivity index (χ0) is 31.5. The topological polar surface area (TPSA) is 145 Å². The Kier molecular flexibility index (Phi) is 9.00. The molecule has 0 aliphatic carbocycles. The van der Waals surface area contributed by atoms with Gasteiger partial charge in [0.25, 0.3) is 5.91 Å². The van der Waals surface area contributed by atoms with Crippen LogP contribution in [0.1, 0.15) is 35.5 Å². The van der Waals surface area contributed by atoms with Gasteiger partial charge in [0, 0.05) is 37.2 Å². The molecule has 44 heavy (non-hydrogen) atoms. The summed E-state index contributed by atoms with van der Waals surface area (Å²) in [5, 5.41) is 12.4. The first-order chi connectivity index (χ1) is 21.0. The summed E-state index contributed by atoms with van der Waals surface area (Å²) < 4.78 is 68.5. The maximum absolute atomic E-state index is 14.0. The fourth-order valence-electron chi connectivity index (χ4n) is 4.46. The van der Waals surface area contributed by atoms with Crippen molar-refractivity contribution in [1.82, 2.24) is 30.0 Å². The lowest BCUT2D eigenvalue weighted by Crippen LogP contribution is -2.21. The van der Waals surface area contributed by atoms with Gasteiger partial charge in [0.15, 0.2) is 5.69 Å². The average molecular weight is 631 g/mol. The monoisotopic (exact) mass is 630 g/mol. The zero-order valence-corrected chi connectivity index (χ0v) is 24.9. The average Bonchev–Trinajstić information content (AvgIpc) is 3.44. The number of amides is 1. The fraction of sp³-hybridized carbons (Fsp3) is 0.321. The summed E-state index contributed by atoms with van der Waals surface area (Å²) in [6.07, 6.45) is -0.836. The molecule has 1 aromatic carbocycles. The zero-order valence-electron chi connectivity index (χ0n) is 24.1. The van der Waals surface area contributed by atoms with Crippen LogP contribution in [0.2, 0.25) is 0 Å². The molecule has 12 nitrogen and oxygen atoms in total. The van der Waals surface area contributed by atoms with E-state index in [1.165, 1.54) is 13.1 Å². The highest BCUT2D eigenvalue weighted by Crippen LogP contribution is 2.51. The lowest BCUT2D eigenvalue weighted by molar-refractivity contribution is -0.137. The van der Waals surface area contributed by atoms with E-state index in [0.717, 1.165) is 0 Å². The Hall–Kier alpha value is -4.33. The molecule has 0 fully saturated rings. The van der Waals surface area contributed by atoms with Gasteiger partial charge >= 0.3 is 13.8 Å². The molecule has 4 aliphatic heterocycles. The number of hydrogen-bond donors (Lipinski definition) is 3. The molecule has 232 valence electrons. The van der Waals surface area contributed by atoms with Gasteiger partial charge in [-0.2, -0.15) is 23.3 Å². The minimum atomic E-state index is -4.80. The Labute approximate surface area is 251 Å². The molecule has 0 spiro atoms. The number of alkyl halides is 3. The van der Waals surface area contributed by atoms with Crippen molar-refractivity contribution in [2.75, 3.05) is 30.9 Å². The standard InChI is InChI=1S/C28H30F3N8O4P/c1-4-42-44(41)16-18-5-7-20(8-6-18)35-27-33-12-21(28(29,30)31)25(38-27)37-23-10-9-22(36-24(23)26(40)32-3)19-11-34-39(14-19)13-17(2)15-43-44/h5-12,14,17H,4,13,15-16H2,1-3H3,(H,32,40)(H2,33,35,37,38)/t17-,44+/m0/s1. The van der Waals surface area contributed by atoms with Crippen LogP contribution in [0.15, 0.2) is 55.0 Å². The first-order valence-electron chi connectivity index (χ1n) is 13.7. The largest absolute Gasteiger partial charge is 0.421 e. The van der Waals surface area contributed by atoms with E-state index in [1.807, 2.05) is 6.92 Å². The first kappa shape index (κ1) is 31.1. The van der Waals surface area contributed by atoms with Crippen LogP contribution in [0.3, 0.4) is 0 Å². The molecule has 3 N–H and O–H groups in total. The van der Waals surface area contributed by atoms with Crippen molar-refractivity contribution < 1.29 is 31.6 Å². The lowest BCUT2D eigenvalue weighted by Gasteiger charge is -2.20. The van der Waals surface area contributed by atoms with E-state index < -0.39 is 31.1 Å². The van der Waals surface area contributed by atoms with Gasteiger partial charge in [0.05, 0.1) is 37.0 Å². The van der Waals surface area contributed by atoms with Gasteiger partial charge < -0.3 is 25.0 Å². The molecule has 4 aliphatic rings. The van der Waals surface area contributed by atoms with Crippen LogP contribution in [0, 0.1) is 5.92 Å². The second-order valence-electron chi connectivity index (χ2n) is 10.1. The molecular weight excluding hydrogens is 600 g/mol. The van der Waals surface area contributed by atoms with Crippen molar-refractivity contribution in [1.29, 1.82) is 0 Å². The highest BCUT2D eigenvalue weighted by Gasteiger charge is 2.36. The summed E-state index contributed by atoms with van der Waals surface area (Å²) in [6, 6.07) is 9.70. The molecule has 16 heteroatoms. The lowest BCUT2D eigenvalue weighted by atomic mass is 10.1. The van der Waals surface area contributed by atoms with E-state index in [-0.39, 0.29) is 42.6 Å². The number of nitrogens with one attached hydrogen (secondary N) is 3. The van der Waals surface area contributed by atoms with Crippen LogP contribution in [0.4, 0.5) is 36.3 Å². The van der Waals surface area contributed by atoms with Crippen molar-refractivity contribution in [2.45, 2.75) is 32.7 Å². The van der Waals surface area contributed by atoms with E-state index in [1.54, 1.807) is 54.3 Å². The number of carbonyl (C=O) groups is 1. The first-order valence-corrected chi connectivity index (χ1v) is 15.4. The normalized spacial score (nSPS) is 18.9. The van der Waals surface area contributed by atoms with E-state index in [2.05, 4.69) is 36.0 Å². The number of carbonyl (C=O) groups excluding carboxylic acids is 1. The third-order valence-electron chi connectivity index (χ3n) is 6.58. The number of halogens is 3. The van der Waals surface area contributed by atoms with Gasteiger partial charge in [-0.1, -0.05) is 19.1 Å². The number of hydrogen-bond acceptors (Lipinski definition) is 10. The Bertz CT molecular complexity index is 1700. The molecule has 2 atom stereocenters. The molecule has 0 saturated heterocycles. The van der Waals surface area contributed by atoms with Crippen molar-refractivity contribution >= 4 is 36.6 Å². The molecule has 8 rings (SSSR count). The molecule has 7 heterocycles. The second kappa shape index (κ2) is 12.7. The predicted octanol–water partition coefficient (Wildman–Crippen LogP) is 6.00. The molecule has 3 aromatic heterocycles. The van der Waals surface area contributed by atoms with Crippen LogP contribution >= 0.6 is 7.60 Å². The summed E-state index contributed by atoms with van der Waals surface area (Å²) in [7, 11) is -2.11. The SMILES string of the molecule is CCO[P@]1(=O)Cc2ccc(cc2)Nc2ncc(C(F)(F)F)c(n2)Nc2ccc(nc2C(=O)NC)-c2cnn(c2)C[C@H](C)CO1. The van der Waals surface area contributed by atoms with Crippen molar-refractivity contribution in [3.63, 3.8) is 0 Å². The third-order valence-corrected chi connectivity index (χ3v) is 8.53. The number of nitrogens with zero attached hydrogens (tertiary/aromatic N) is 5. The Balaban J connectivity index is 1.60. The summed E-state index contributed by atoms with van der Waals surface area (Å²) >= 11 is 0. The van der Waals surface area contributed by atoms with Crippen molar-refractivity contribution in [2.24, 2.45) is 5.92 Å². The van der Waals surface area contributed by atoms with Crippen LogP contribution in [0.25, 0.3) is 11.3 Å². The quantitative estimate of drug-likeness (QED) is 0.231. The van der Waals surface area contributed by atoms with Crippen LogP contribution < -0.4 is 16.0 Å². The van der Waals surface area contributed by atoms with Gasteiger partial charge in [-0.05, 0) is 42.7 Å². The fourth-order valence-corrected chi connectivity index (χ4v) is 6.25. The highest BCUT2D eigenvalue weighted by molar-refractivity contribution is 7.53. The van der Waals surface area contributed by atoms with E-state index >= 15 is 0 Å². The number of benzene rings is 1. The smallest absolute Gasteiger partial charge is 0.354 e. The second-order valence-corrected chi connectivity index (χ2v) is 12.2. The van der Waals surface area contributed by atoms with Gasteiger partial charge in [0.2, 0.25) is 5.95 Å². The Morgan fingerprint density at radius 3 is 2.64 bits per heavy atom. The van der Waals surface area contributed by atoms with Gasteiger partial charge in [-0.15, -0.1) is 0 Å². The number of anilines is 4. The number of rotatable bonds is 3. The number of pyridine rings is 1. The minimum Gasteiger partial charge on any atom is -0.354 e. The Morgan fingerprint density at radius 2 is 1.93 bits per heavy atom. The molecule has 0 saturated carbocycles. The Morgan fingerprint density at radius 1 is 1.16 bits per heavy atom. The predicted molar refractivity (Wildman–Crippen MR) is 157 cm³/mol. The maximum atomic E-state index is 14.0. The van der Waals surface area contributed by atoms with Crippen LogP contribution in [-0.2, 0) is 32.5 Å². The van der Waals surface area contributed by atoms with Crippen LogP contribution in [0.5, 0.6) is 0 Å². The van der Waals surface area contributed by atoms with Crippen LogP contribution in [-0.4, -0.2) is 50.9 Å². The van der Waals surface area contributed by atoms with E-state index in [9.17, 15) is 22.5 Å². The summed E-state index contributed by atoms with van der Waals surface area (Å²) in [4.78, 5) is 25.2. The third kappa shape index (κ3) is 7.24. The van der Waals surface area contributed by atoms with E-state index in [4.69, 9.17) is 9.05 Å². The number of aromatic nitrogens is 5. The summed E-state index contributed by atoms with van der Waals surface area (Å²) in [5.41, 5.74) is 0.809. The summed E-state index contributed by atoms with van der Waals surface area (Å²) in [5.74, 6) is -1.43. The molecule has 0 unspecified atom stereocenters. The van der Waals surface area contributed by atoms with Gasteiger partial charge in [-0.25, -0.2) is 9.97 Å². The van der Waals surface area contributed by atoms with Crippen molar-refractivity contribution in [3.8, 4) is 11.3 Å². The highest BCUT2D eigenvalue weighted by atomic mass is 31.2. The van der Waals surface area contributed by atoms with Gasteiger partial charge in [0.1, 0.15) is 11.4 Å². The minimum absolute atomic E-state index is 0.00614.